The Labute approximate surface area is 106 Å². The van der Waals surface area contributed by atoms with Crippen LogP contribution in [0.2, 0.25) is 0 Å². The van der Waals surface area contributed by atoms with E-state index >= 15 is 0 Å². The number of methoxy groups -OCH3 is 1. The molecule has 0 aliphatic carbocycles. The van der Waals surface area contributed by atoms with E-state index in [4.69, 9.17) is 9.47 Å². The van der Waals surface area contributed by atoms with Crippen molar-refractivity contribution in [1.82, 2.24) is 10.3 Å². The van der Waals surface area contributed by atoms with Gasteiger partial charge in [0.15, 0.2) is 0 Å². The van der Waals surface area contributed by atoms with Crippen molar-refractivity contribution in [2.45, 2.75) is 12.5 Å². The molecule has 1 aromatic carbocycles. The lowest BCUT2D eigenvalue weighted by Gasteiger charge is -2.12. The third-order valence-electron chi connectivity index (χ3n) is 3.39. The molecule has 18 heavy (non-hydrogen) atoms. The maximum absolute atomic E-state index is 5.86. The maximum Gasteiger partial charge on any atom is 0.128 e. The van der Waals surface area contributed by atoms with Crippen LogP contribution in [0.1, 0.15) is 18.2 Å². The SMILES string of the molecule is COc1cccc2[nH]c(C3CCNCCO3)cc12. The Balaban J connectivity index is 1.96. The molecule has 2 N–H and O–H groups in total. The van der Waals surface area contributed by atoms with Gasteiger partial charge in [0.25, 0.3) is 0 Å². The van der Waals surface area contributed by atoms with E-state index in [1.165, 1.54) is 0 Å². The van der Waals surface area contributed by atoms with E-state index in [2.05, 4.69) is 22.4 Å². The summed E-state index contributed by atoms with van der Waals surface area (Å²) >= 11 is 0. The Morgan fingerprint density at radius 2 is 2.28 bits per heavy atom. The molecule has 96 valence electrons. The molecule has 0 radical (unpaired) electrons. The first kappa shape index (κ1) is 11.6. The van der Waals surface area contributed by atoms with Crippen LogP contribution in [0.25, 0.3) is 10.9 Å². The number of nitrogens with one attached hydrogen (secondary N) is 2. The normalized spacial score (nSPS) is 20.8. The number of benzene rings is 1. The molecule has 1 aromatic heterocycles. The minimum absolute atomic E-state index is 0.150. The smallest absolute Gasteiger partial charge is 0.128 e. The van der Waals surface area contributed by atoms with E-state index in [0.29, 0.717) is 0 Å². The summed E-state index contributed by atoms with van der Waals surface area (Å²) in [6, 6.07) is 8.19. The van der Waals surface area contributed by atoms with Crippen LogP contribution in [-0.2, 0) is 4.74 Å². The number of aromatic amines is 1. The second-order valence-electron chi connectivity index (χ2n) is 4.54. The van der Waals surface area contributed by atoms with E-state index in [1.54, 1.807) is 7.11 Å². The molecular weight excluding hydrogens is 228 g/mol. The quantitative estimate of drug-likeness (QED) is 0.854. The van der Waals surface area contributed by atoms with Gasteiger partial charge in [-0.1, -0.05) is 6.07 Å². The second-order valence-corrected chi connectivity index (χ2v) is 4.54. The summed E-state index contributed by atoms with van der Waals surface area (Å²) in [5.41, 5.74) is 2.24. The minimum Gasteiger partial charge on any atom is -0.496 e. The number of ether oxygens (including phenoxy) is 2. The molecule has 2 heterocycles. The van der Waals surface area contributed by atoms with Gasteiger partial charge in [0, 0.05) is 23.1 Å². The van der Waals surface area contributed by atoms with Gasteiger partial charge in [-0.25, -0.2) is 0 Å². The van der Waals surface area contributed by atoms with Gasteiger partial charge in [-0.05, 0) is 31.2 Å². The van der Waals surface area contributed by atoms with Gasteiger partial charge in [0.1, 0.15) is 5.75 Å². The maximum atomic E-state index is 5.86. The Kier molecular flexibility index (Phi) is 3.21. The molecule has 3 rings (SSSR count). The summed E-state index contributed by atoms with van der Waals surface area (Å²) in [6.45, 7) is 2.69. The van der Waals surface area contributed by atoms with Crippen LogP contribution >= 0.6 is 0 Å². The van der Waals surface area contributed by atoms with Gasteiger partial charge in [-0.3, -0.25) is 0 Å². The van der Waals surface area contributed by atoms with E-state index in [9.17, 15) is 0 Å². The van der Waals surface area contributed by atoms with Crippen LogP contribution in [0.5, 0.6) is 5.75 Å². The largest absolute Gasteiger partial charge is 0.496 e. The number of hydrogen-bond acceptors (Lipinski definition) is 3. The van der Waals surface area contributed by atoms with Crippen LogP contribution in [0.15, 0.2) is 24.3 Å². The first-order valence-corrected chi connectivity index (χ1v) is 6.36. The summed E-state index contributed by atoms with van der Waals surface area (Å²) in [5, 5.41) is 4.46. The van der Waals surface area contributed by atoms with E-state index in [1.807, 2.05) is 12.1 Å². The van der Waals surface area contributed by atoms with Crippen molar-refractivity contribution in [3.8, 4) is 5.75 Å². The van der Waals surface area contributed by atoms with Gasteiger partial charge >= 0.3 is 0 Å². The van der Waals surface area contributed by atoms with E-state index in [-0.39, 0.29) is 6.10 Å². The van der Waals surface area contributed by atoms with Crippen molar-refractivity contribution >= 4 is 10.9 Å². The highest BCUT2D eigenvalue weighted by Crippen LogP contribution is 2.30. The molecule has 2 aromatic rings. The first-order chi connectivity index (χ1) is 8.88. The fourth-order valence-corrected chi connectivity index (χ4v) is 2.46. The monoisotopic (exact) mass is 246 g/mol. The van der Waals surface area contributed by atoms with Gasteiger partial charge < -0.3 is 19.8 Å². The van der Waals surface area contributed by atoms with Crippen LogP contribution in [-0.4, -0.2) is 31.8 Å². The van der Waals surface area contributed by atoms with Crippen molar-refractivity contribution in [3.05, 3.63) is 30.0 Å². The van der Waals surface area contributed by atoms with Crippen molar-refractivity contribution in [3.63, 3.8) is 0 Å². The lowest BCUT2D eigenvalue weighted by molar-refractivity contribution is 0.0619. The molecule has 1 atom stereocenters. The minimum atomic E-state index is 0.150. The molecule has 1 unspecified atom stereocenters. The standard InChI is InChI=1S/C14H18N2O2/c1-17-13-4-2-3-11-10(13)9-12(16-11)14-5-6-15-7-8-18-14/h2-4,9,14-16H,5-8H2,1H3. The summed E-state index contributed by atoms with van der Waals surface area (Å²) in [4.78, 5) is 3.44. The summed E-state index contributed by atoms with van der Waals surface area (Å²) in [5.74, 6) is 0.904. The lowest BCUT2D eigenvalue weighted by atomic mass is 10.1. The Morgan fingerprint density at radius 1 is 1.33 bits per heavy atom. The Morgan fingerprint density at radius 3 is 3.17 bits per heavy atom. The molecule has 1 saturated heterocycles. The predicted octanol–water partition coefficient (Wildman–Crippen LogP) is 2.23. The third kappa shape index (κ3) is 2.09. The molecule has 0 saturated carbocycles. The number of rotatable bonds is 2. The third-order valence-corrected chi connectivity index (χ3v) is 3.39. The van der Waals surface area contributed by atoms with Crippen LogP contribution in [0.4, 0.5) is 0 Å². The summed E-state index contributed by atoms with van der Waals surface area (Å²) < 4.78 is 11.2. The van der Waals surface area contributed by atoms with Crippen molar-refractivity contribution < 1.29 is 9.47 Å². The average molecular weight is 246 g/mol. The van der Waals surface area contributed by atoms with Gasteiger partial charge in [0.05, 0.1) is 19.8 Å². The lowest BCUT2D eigenvalue weighted by Crippen LogP contribution is -2.16. The van der Waals surface area contributed by atoms with Gasteiger partial charge in [-0.15, -0.1) is 0 Å². The first-order valence-electron chi connectivity index (χ1n) is 6.36. The molecule has 4 nitrogen and oxygen atoms in total. The van der Waals surface area contributed by atoms with Gasteiger partial charge in [0.2, 0.25) is 0 Å². The summed E-state index contributed by atoms with van der Waals surface area (Å²) in [7, 11) is 1.70. The summed E-state index contributed by atoms with van der Waals surface area (Å²) in [6.07, 6.45) is 1.15. The molecule has 1 aliphatic rings. The van der Waals surface area contributed by atoms with Crippen molar-refractivity contribution in [2.75, 3.05) is 26.8 Å². The zero-order valence-electron chi connectivity index (χ0n) is 10.5. The topological polar surface area (TPSA) is 46.3 Å². The highest BCUT2D eigenvalue weighted by molar-refractivity contribution is 5.86. The Bertz CT molecular complexity index is 528. The van der Waals surface area contributed by atoms with Crippen molar-refractivity contribution in [2.24, 2.45) is 0 Å². The fraction of sp³-hybridized carbons (Fsp3) is 0.429. The average Bonchev–Trinajstić information content (AvgIpc) is 2.65. The fourth-order valence-electron chi connectivity index (χ4n) is 2.46. The van der Waals surface area contributed by atoms with Gasteiger partial charge in [-0.2, -0.15) is 0 Å². The number of H-pyrrole nitrogens is 1. The highest BCUT2D eigenvalue weighted by Gasteiger charge is 2.17. The van der Waals surface area contributed by atoms with Crippen LogP contribution < -0.4 is 10.1 Å². The predicted molar refractivity (Wildman–Crippen MR) is 71.0 cm³/mol. The molecule has 4 heteroatoms. The van der Waals surface area contributed by atoms with Crippen molar-refractivity contribution in [1.29, 1.82) is 0 Å². The molecule has 0 spiro atoms. The molecule has 1 fully saturated rings. The van der Waals surface area contributed by atoms with E-state index in [0.717, 1.165) is 48.5 Å². The Hall–Kier alpha value is -1.52. The zero-order valence-corrected chi connectivity index (χ0v) is 10.5. The number of fused-ring (bicyclic) bond motifs is 1. The number of hydrogen-bond donors (Lipinski definition) is 2. The van der Waals surface area contributed by atoms with Crippen LogP contribution in [0.3, 0.4) is 0 Å². The highest BCUT2D eigenvalue weighted by atomic mass is 16.5. The number of aromatic nitrogens is 1. The van der Waals surface area contributed by atoms with E-state index < -0.39 is 0 Å². The zero-order chi connectivity index (χ0) is 12.4. The molecule has 0 amide bonds. The van der Waals surface area contributed by atoms with Crippen LogP contribution in [0, 0.1) is 0 Å². The molecule has 1 aliphatic heterocycles. The molecule has 0 bridgehead atoms. The second kappa shape index (κ2) is 5.00. The molecular formula is C14H18N2O2.